The topological polar surface area (TPSA) is 64.2 Å². The molecule has 6 nitrogen and oxygen atoms in total. The van der Waals surface area contributed by atoms with Gasteiger partial charge in [0.05, 0.1) is 23.1 Å². The number of nitrogens with zero attached hydrogens (tertiary/aromatic N) is 4. The molecule has 0 aliphatic carbocycles. The fourth-order valence-corrected chi connectivity index (χ4v) is 4.74. The third-order valence-electron chi connectivity index (χ3n) is 5.23. The van der Waals surface area contributed by atoms with Gasteiger partial charge in [0, 0.05) is 13.1 Å². The number of hydrogen-bond acceptors (Lipinski definition) is 6. The Bertz CT molecular complexity index is 1270. The number of benzene rings is 1. The summed E-state index contributed by atoms with van der Waals surface area (Å²) >= 11 is 1.41. The first-order chi connectivity index (χ1) is 14.9. The van der Waals surface area contributed by atoms with Gasteiger partial charge in [0.25, 0.3) is 5.56 Å². The number of hydrogen-bond donors (Lipinski definition) is 0. The predicted molar refractivity (Wildman–Crippen MR) is 111 cm³/mol. The minimum absolute atomic E-state index is 0.0250. The van der Waals surface area contributed by atoms with Crippen LogP contribution in [0, 0.1) is 0 Å². The van der Waals surface area contributed by atoms with Gasteiger partial charge < -0.3 is 9.32 Å². The minimum atomic E-state index is -4.41. The fraction of sp³-hybridized carbons (Fsp3) is 0.286. The highest BCUT2D eigenvalue weighted by molar-refractivity contribution is 7.22. The Hall–Kier alpha value is -3.14. The molecule has 3 aromatic heterocycles. The summed E-state index contributed by atoms with van der Waals surface area (Å²) in [5.41, 5.74) is 0.196. The molecule has 4 aromatic rings. The number of anilines is 1. The first kappa shape index (κ1) is 19.8. The molecule has 0 bridgehead atoms. The van der Waals surface area contributed by atoms with Crippen molar-refractivity contribution in [2.24, 2.45) is 0 Å². The largest absolute Gasteiger partial charge is 0.463 e. The highest BCUT2D eigenvalue weighted by atomic mass is 32.1. The summed E-state index contributed by atoms with van der Waals surface area (Å²) in [4.78, 5) is 19.9. The van der Waals surface area contributed by atoms with E-state index in [9.17, 15) is 18.0 Å². The average Bonchev–Trinajstić information content (AvgIpc) is 3.51. The molecule has 1 aliphatic heterocycles. The van der Waals surface area contributed by atoms with Crippen molar-refractivity contribution in [1.82, 2.24) is 14.8 Å². The minimum Gasteiger partial charge on any atom is -0.463 e. The van der Waals surface area contributed by atoms with Gasteiger partial charge >= 0.3 is 6.18 Å². The first-order valence-corrected chi connectivity index (χ1v) is 10.6. The van der Waals surface area contributed by atoms with Crippen molar-refractivity contribution in [3.8, 4) is 11.5 Å². The van der Waals surface area contributed by atoms with Gasteiger partial charge in [0.15, 0.2) is 16.4 Å². The van der Waals surface area contributed by atoms with Crippen LogP contribution in [0.25, 0.3) is 21.7 Å². The Kier molecular flexibility index (Phi) is 4.81. The van der Waals surface area contributed by atoms with Crippen LogP contribution < -0.4 is 10.5 Å². The molecule has 0 radical (unpaired) electrons. The van der Waals surface area contributed by atoms with E-state index in [0.29, 0.717) is 27.2 Å². The number of fused-ring (bicyclic) bond motifs is 1. The van der Waals surface area contributed by atoms with Crippen LogP contribution in [0.3, 0.4) is 0 Å². The van der Waals surface area contributed by atoms with Crippen molar-refractivity contribution in [3.05, 3.63) is 64.1 Å². The van der Waals surface area contributed by atoms with Gasteiger partial charge in [-0.25, -0.2) is 9.67 Å². The highest BCUT2D eigenvalue weighted by Crippen LogP contribution is 2.35. The molecule has 1 aliphatic rings. The molecule has 1 saturated heterocycles. The van der Waals surface area contributed by atoms with Gasteiger partial charge in [-0.15, -0.1) is 0 Å². The monoisotopic (exact) mass is 446 g/mol. The van der Waals surface area contributed by atoms with Crippen LogP contribution in [-0.4, -0.2) is 27.9 Å². The molecule has 4 heterocycles. The zero-order valence-corrected chi connectivity index (χ0v) is 17.0. The Morgan fingerprint density at radius 3 is 2.48 bits per heavy atom. The Morgan fingerprint density at radius 2 is 1.84 bits per heavy atom. The standard InChI is InChI=1S/C21H17F3N4O2S/c22-21(23,24)14-7-5-13(6-8-14)12-28-19(29)17-18(16(26-28)15-4-3-11-30-15)31-20(25-17)27-9-1-2-10-27/h3-8,11H,1-2,9-10,12H2. The maximum Gasteiger partial charge on any atom is 0.416 e. The molecule has 31 heavy (non-hydrogen) atoms. The van der Waals surface area contributed by atoms with Crippen LogP contribution in [-0.2, 0) is 12.7 Å². The van der Waals surface area contributed by atoms with Crippen LogP contribution in [0.2, 0.25) is 0 Å². The van der Waals surface area contributed by atoms with Crippen LogP contribution in [0.4, 0.5) is 18.3 Å². The van der Waals surface area contributed by atoms with E-state index in [2.05, 4.69) is 15.0 Å². The van der Waals surface area contributed by atoms with E-state index in [1.165, 1.54) is 34.4 Å². The SMILES string of the molecule is O=c1c2nc(N3CCCC3)sc2c(-c2ccco2)nn1Cc1ccc(C(F)(F)F)cc1. The summed E-state index contributed by atoms with van der Waals surface area (Å²) in [6.45, 7) is 1.81. The smallest absolute Gasteiger partial charge is 0.416 e. The summed E-state index contributed by atoms with van der Waals surface area (Å²) in [6.07, 6.45) is -0.725. The Morgan fingerprint density at radius 1 is 1.10 bits per heavy atom. The van der Waals surface area contributed by atoms with Gasteiger partial charge in [-0.1, -0.05) is 23.5 Å². The third kappa shape index (κ3) is 3.71. The summed E-state index contributed by atoms with van der Waals surface area (Å²) in [6, 6.07) is 8.19. The lowest BCUT2D eigenvalue weighted by Gasteiger charge is -2.11. The van der Waals surface area contributed by atoms with Crippen LogP contribution >= 0.6 is 11.3 Å². The lowest BCUT2D eigenvalue weighted by Crippen LogP contribution is -2.24. The van der Waals surface area contributed by atoms with Gasteiger partial charge in [-0.2, -0.15) is 18.3 Å². The van der Waals surface area contributed by atoms with Crippen molar-refractivity contribution in [2.45, 2.75) is 25.6 Å². The second kappa shape index (κ2) is 7.52. The molecule has 0 spiro atoms. The summed E-state index contributed by atoms with van der Waals surface area (Å²) < 4.78 is 45.9. The molecule has 0 atom stereocenters. The lowest BCUT2D eigenvalue weighted by molar-refractivity contribution is -0.137. The quantitative estimate of drug-likeness (QED) is 0.452. The van der Waals surface area contributed by atoms with E-state index in [4.69, 9.17) is 4.42 Å². The lowest BCUT2D eigenvalue weighted by atomic mass is 10.1. The van der Waals surface area contributed by atoms with Gasteiger partial charge in [0.2, 0.25) is 0 Å². The number of rotatable bonds is 4. The van der Waals surface area contributed by atoms with Crippen molar-refractivity contribution >= 4 is 26.7 Å². The van der Waals surface area contributed by atoms with Crippen LogP contribution in [0.1, 0.15) is 24.0 Å². The molecule has 10 heteroatoms. The first-order valence-electron chi connectivity index (χ1n) is 9.77. The van der Waals surface area contributed by atoms with E-state index in [1.54, 1.807) is 12.1 Å². The zero-order chi connectivity index (χ0) is 21.6. The van der Waals surface area contributed by atoms with E-state index in [0.717, 1.165) is 43.2 Å². The molecule has 0 unspecified atom stereocenters. The molecule has 160 valence electrons. The average molecular weight is 446 g/mol. The van der Waals surface area contributed by atoms with E-state index >= 15 is 0 Å². The van der Waals surface area contributed by atoms with Crippen molar-refractivity contribution in [3.63, 3.8) is 0 Å². The number of halogens is 3. The second-order valence-corrected chi connectivity index (χ2v) is 8.33. The fourth-order valence-electron chi connectivity index (χ4n) is 3.65. The maximum atomic E-state index is 13.1. The molecular weight excluding hydrogens is 429 g/mol. The van der Waals surface area contributed by atoms with Gasteiger partial charge in [-0.3, -0.25) is 4.79 Å². The highest BCUT2D eigenvalue weighted by Gasteiger charge is 2.30. The van der Waals surface area contributed by atoms with Gasteiger partial charge in [0.1, 0.15) is 5.69 Å². The molecule has 5 rings (SSSR count). The van der Waals surface area contributed by atoms with Gasteiger partial charge in [-0.05, 0) is 42.7 Å². The Balaban J connectivity index is 1.59. The molecule has 0 amide bonds. The molecule has 0 N–H and O–H groups in total. The zero-order valence-electron chi connectivity index (χ0n) is 16.2. The predicted octanol–water partition coefficient (Wildman–Crippen LogP) is 4.78. The normalized spacial score (nSPS) is 14.6. The van der Waals surface area contributed by atoms with E-state index < -0.39 is 11.7 Å². The summed E-state index contributed by atoms with van der Waals surface area (Å²) in [5.74, 6) is 0.503. The second-order valence-electron chi connectivity index (χ2n) is 7.35. The Labute approximate surface area is 178 Å². The van der Waals surface area contributed by atoms with Crippen molar-refractivity contribution < 1.29 is 17.6 Å². The van der Waals surface area contributed by atoms with E-state index in [-0.39, 0.29) is 12.1 Å². The van der Waals surface area contributed by atoms with Crippen molar-refractivity contribution in [1.29, 1.82) is 0 Å². The number of aromatic nitrogens is 3. The number of thiazole rings is 1. The van der Waals surface area contributed by atoms with Crippen molar-refractivity contribution in [2.75, 3.05) is 18.0 Å². The maximum absolute atomic E-state index is 13.1. The van der Waals surface area contributed by atoms with Crippen LogP contribution in [0.5, 0.6) is 0 Å². The summed E-state index contributed by atoms with van der Waals surface area (Å²) in [5, 5.41) is 5.26. The molecule has 1 aromatic carbocycles. The van der Waals surface area contributed by atoms with E-state index in [1.807, 2.05) is 0 Å². The molecular formula is C21H17F3N4O2S. The molecule has 0 saturated carbocycles. The summed E-state index contributed by atoms with van der Waals surface area (Å²) in [7, 11) is 0. The van der Waals surface area contributed by atoms with Crippen LogP contribution in [0.15, 0.2) is 51.9 Å². The third-order valence-corrected chi connectivity index (χ3v) is 6.36. The number of alkyl halides is 3. The molecule has 1 fully saturated rings. The number of furan rings is 1.